The van der Waals surface area contributed by atoms with Crippen LogP contribution in [-0.4, -0.2) is 24.1 Å². The van der Waals surface area contributed by atoms with Crippen molar-refractivity contribution in [2.45, 2.75) is 18.4 Å². The fourth-order valence-electron chi connectivity index (χ4n) is 1.96. The zero-order valence-electron chi connectivity index (χ0n) is 11.7. The van der Waals surface area contributed by atoms with Crippen molar-refractivity contribution in [2.24, 2.45) is 7.05 Å². The van der Waals surface area contributed by atoms with Gasteiger partial charge >= 0.3 is 5.97 Å². The molecular weight excluding hydrogens is 292 g/mol. The van der Waals surface area contributed by atoms with Crippen LogP contribution in [0.2, 0.25) is 0 Å². The van der Waals surface area contributed by atoms with Gasteiger partial charge in [0.25, 0.3) is 0 Å². The van der Waals surface area contributed by atoms with Crippen LogP contribution in [0.25, 0.3) is 0 Å². The standard InChI is InChI=1S/C14H16N2O4S/c1-10-5-3-4-6-11(10)8-15-21(19,20)12-7-13(14(17)18)16(2)9-12/h3-7,9,15H,8H2,1-2H3,(H,17,18). The summed E-state index contributed by atoms with van der Waals surface area (Å²) in [7, 11) is -2.25. The lowest BCUT2D eigenvalue weighted by Gasteiger charge is -2.07. The van der Waals surface area contributed by atoms with E-state index in [0.717, 1.165) is 17.2 Å². The normalized spacial score (nSPS) is 11.5. The number of aromatic nitrogens is 1. The minimum atomic E-state index is -3.74. The van der Waals surface area contributed by atoms with Gasteiger partial charge in [-0.15, -0.1) is 0 Å². The monoisotopic (exact) mass is 308 g/mol. The molecule has 2 rings (SSSR count). The van der Waals surface area contributed by atoms with Crippen LogP contribution in [0.4, 0.5) is 0 Å². The molecule has 0 atom stereocenters. The molecule has 2 aromatic rings. The van der Waals surface area contributed by atoms with E-state index in [9.17, 15) is 13.2 Å². The Morgan fingerprint density at radius 2 is 2.00 bits per heavy atom. The number of carboxylic acids is 1. The maximum Gasteiger partial charge on any atom is 0.352 e. The van der Waals surface area contributed by atoms with Gasteiger partial charge in [0.2, 0.25) is 10.0 Å². The molecule has 0 aliphatic rings. The van der Waals surface area contributed by atoms with Crippen LogP contribution in [0.3, 0.4) is 0 Å². The molecule has 21 heavy (non-hydrogen) atoms. The van der Waals surface area contributed by atoms with Crippen molar-refractivity contribution in [3.8, 4) is 0 Å². The fourth-order valence-corrected chi connectivity index (χ4v) is 3.03. The first-order valence-corrected chi connectivity index (χ1v) is 7.73. The Labute approximate surface area is 123 Å². The molecule has 0 unspecified atom stereocenters. The molecule has 0 spiro atoms. The summed E-state index contributed by atoms with van der Waals surface area (Å²) in [5.74, 6) is -1.17. The molecule has 0 saturated carbocycles. The third-order valence-electron chi connectivity index (χ3n) is 3.22. The van der Waals surface area contributed by atoms with Gasteiger partial charge in [-0.3, -0.25) is 0 Å². The molecule has 0 saturated heterocycles. The van der Waals surface area contributed by atoms with Crippen molar-refractivity contribution >= 4 is 16.0 Å². The maximum atomic E-state index is 12.2. The molecule has 112 valence electrons. The largest absolute Gasteiger partial charge is 0.477 e. The van der Waals surface area contributed by atoms with E-state index in [0.29, 0.717) is 0 Å². The first-order valence-electron chi connectivity index (χ1n) is 6.25. The molecule has 1 aromatic carbocycles. The third-order valence-corrected chi connectivity index (χ3v) is 4.59. The molecule has 6 nitrogen and oxygen atoms in total. The number of rotatable bonds is 5. The van der Waals surface area contributed by atoms with Crippen molar-refractivity contribution in [3.63, 3.8) is 0 Å². The summed E-state index contributed by atoms with van der Waals surface area (Å²) in [6.45, 7) is 2.06. The first kappa shape index (κ1) is 15.3. The summed E-state index contributed by atoms with van der Waals surface area (Å²) in [5, 5.41) is 8.95. The van der Waals surface area contributed by atoms with Gasteiger partial charge in [-0.25, -0.2) is 17.9 Å². The van der Waals surface area contributed by atoms with E-state index in [2.05, 4.69) is 4.72 Å². The number of aryl methyl sites for hydroxylation is 2. The molecule has 0 aliphatic carbocycles. The second kappa shape index (κ2) is 5.71. The zero-order valence-corrected chi connectivity index (χ0v) is 12.5. The summed E-state index contributed by atoms with van der Waals surface area (Å²) >= 11 is 0. The van der Waals surface area contributed by atoms with Gasteiger partial charge in [-0.05, 0) is 24.1 Å². The molecule has 0 amide bonds. The quantitative estimate of drug-likeness (QED) is 0.876. The van der Waals surface area contributed by atoms with Gasteiger partial charge in [0, 0.05) is 19.8 Å². The summed E-state index contributed by atoms with van der Waals surface area (Å²) in [6.07, 6.45) is 1.28. The predicted octanol–water partition coefficient (Wildman–Crippen LogP) is 1.51. The zero-order chi connectivity index (χ0) is 15.6. The second-order valence-corrected chi connectivity index (χ2v) is 6.50. The Morgan fingerprint density at radius 3 is 2.57 bits per heavy atom. The van der Waals surface area contributed by atoms with Crippen molar-refractivity contribution in [1.82, 2.24) is 9.29 Å². The lowest BCUT2D eigenvalue weighted by molar-refractivity contribution is 0.0686. The number of hydrogen-bond donors (Lipinski definition) is 2. The number of sulfonamides is 1. The highest BCUT2D eigenvalue weighted by molar-refractivity contribution is 7.89. The SMILES string of the molecule is Cc1ccccc1CNS(=O)(=O)c1cc(C(=O)O)n(C)c1. The average Bonchev–Trinajstić information content (AvgIpc) is 2.81. The minimum Gasteiger partial charge on any atom is -0.477 e. The van der Waals surface area contributed by atoms with Gasteiger partial charge < -0.3 is 9.67 Å². The van der Waals surface area contributed by atoms with Crippen molar-refractivity contribution in [3.05, 3.63) is 53.3 Å². The Morgan fingerprint density at radius 1 is 1.33 bits per heavy atom. The second-order valence-electron chi connectivity index (χ2n) is 4.73. The van der Waals surface area contributed by atoms with Crippen LogP contribution in [0.5, 0.6) is 0 Å². The van der Waals surface area contributed by atoms with Crippen LogP contribution in [0.1, 0.15) is 21.6 Å². The van der Waals surface area contributed by atoms with E-state index in [1.54, 1.807) is 0 Å². The topological polar surface area (TPSA) is 88.4 Å². The number of carboxylic acid groups (broad SMARTS) is 1. The van der Waals surface area contributed by atoms with Gasteiger partial charge in [-0.2, -0.15) is 0 Å². The van der Waals surface area contributed by atoms with Gasteiger partial charge in [0.15, 0.2) is 0 Å². The Balaban J connectivity index is 2.21. The number of nitrogens with one attached hydrogen (secondary N) is 1. The highest BCUT2D eigenvalue weighted by Crippen LogP contribution is 2.14. The lowest BCUT2D eigenvalue weighted by Crippen LogP contribution is -2.23. The van der Waals surface area contributed by atoms with E-state index in [1.807, 2.05) is 31.2 Å². The summed E-state index contributed by atoms with van der Waals surface area (Å²) in [5.41, 5.74) is 1.78. The van der Waals surface area contributed by atoms with E-state index >= 15 is 0 Å². The van der Waals surface area contributed by atoms with Crippen LogP contribution in [-0.2, 0) is 23.6 Å². The van der Waals surface area contributed by atoms with Crippen molar-refractivity contribution in [1.29, 1.82) is 0 Å². The first-order chi connectivity index (χ1) is 9.81. The number of carbonyl (C=O) groups is 1. The van der Waals surface area contributed by atoms with Crippen LogP contribution in [0, 0.1) is 6.92 Å². The molecule has 0 fully saturated rings. The lowest BCUT2D eigenvalue weighted by atomic mass is 10.1. The van der Waals surface area contributed by atoms with E-state index < -0.39 is 16.0 Å². The van der Waals surface area contributed by atoms with Gasteiger partial charge in [0.05, 0.1) is 0 Å². The summed E-state index contributed by atoms with van der Waals surface area (Å²) in [6, 6.07) is 8.59. The molecule has 7 heteroatoms. The average molecular weight is 308 g/mol. The molecule has 1 aromatic heterocycles. The van der Waals surface area contributed by atoms with E-state index in [1.165, 1.54) is 17.8 Å². The third kappa shape index (κ3) is 3.32. The predicted molar refractivity (Wildman–Crippen MR) is 77.6 cm³/mol. The fraction of sp³-hybridized carbons (Fsp3) is 0.214. The van der Waals surface area contributed by atoms with Gasteiger partial charge in [0.1, 0.15) is 10.6 Å². The van der Waals surface area contributed by atoms with E-state index in [-0.39, 0.29) is 17.1 Å². The van der Waals surface area contributed by atoms with Crippen molar-refractivity contribution < 1.29 is 18.3 Å². The highest BCUT2D eigenvalue weighted by Gasteiger charge is 2.20. The molecule has 1 heterocycles. The Bertz CT molecular complexity index is 778. The number of nitrogens with zero attached hydrogens (tertiary/aromatic N) is 1. The van der Waals surface area contributed by atoms with Gasteiger partial charge in [-0.1, -0.05) is 24.3 Å². The number of benzene rings is 1. The molecule has 0 bridgehead atoms. The summed E-state index contributed by atoms with van der Waals surface area (Å²) in [4.78, 5) is 10.9. The molecular formula is C14H16N2O4S. The van der Waals surface area contributed by atoms with Crippen LogP contribution in [0.15, 0.2) is 41.4 Å². The molecule has 0 aliphatic heterocycles. The number of aromatic carboxylic acids is 1. The highest BCUT2D eigenvalue weighted by atomic mass is 32.2. The molecule has 0 radical (unpaired) electrons. The maximum absolute atomic E-state index is 12.2. The van der Waals surface area contributed by atoms with E-state index in [4.69, 9.17) is 5.11 Å². The Kier molecular flexibility index (Phi) is 4.15. The van der Waals surface area contributed by atoms with Crippen LogP contribution < -0.4 is 4.72 Å². The van der Waals surface area contributed by atoms with Crippen molar-refractivity contribution in [2.75, 3.05) is 0 Å². The summed E-state index contributed by atoms with van der Waals surface area (Å²) < 4.78 is 28.1. The minimum absolute atomic E-state index is 0.0593. The smallest absolute Gasteiger partial charge is 0.352 e. The Hall–Kier alpha value is -2.12. The molecule has 2 N–H and O–H groups in total. The number of hydrogen-bond acceptors (Lipinski definition) is 3. The van der Waals surface area contributed by atoms with Crippen LogP contribution >= 0.6 is 0 Å².